The molecule has 2 amide bonds. The average molecular weight is 519 g/mol. The van der Waals surface area contributed by atoms with Crippen LogP contribution >= 0.6 is 0 Å². The summed E-state index contributed by atoms with van der Waals surface area (Å²) in [5.74, 6) is 0.0797. The standard InChI is InChI=1S/C31H26N4O4/c1-4-38-28-13-12-22(15-20(28)2)29-23(18-35(33-29)24-9-6-5-7-10-24)16-26-21(3)27(17-32)31(37)34(30(26)36)19-25-11-8-14-39-25/h5-16,18H,4,19H2,1-3H3/b26-16+. The second-order valence-electron chi connectivity index (χ2n) is 9.07. The Morgan fingerprint density at radius 1 is 1.05 bits per heavy atom. The third-order valence-electron chi connectivity index (χ3n) is 6.53. The van der Waals surface area contributed by atoms with E-state index in [9.17, 15) is 14.9 Å². The van der Waals surface area contributed by atoms with E-state index in [1.54, 1.807) is 29.8 Å². The summed E-state index contributed by atoms with van der Waals surface area (Å²) in [7, 11) is 0. The molecule has 0 saturated carbocycles. The molecule has 0 saturated heterocycles. The Balaban J connectivity index is 1.66. The van der Waals surface area contributed by atoms with Crippen molar-refractivity contribution in [3.63, 3.8) is 0 Å². The van der Waals surface area contributed by atoms with Gasteiger partial charge in [-0.3, -0.25) is 14.5 Å². The highest BCUT2D eigenvalue weighted by Crippen LogP contribution is 2.33. The first-order chi connectivity index (χ1) is 18.9. The van der Waals surface area contributed by atoms with Crippen LogP contribution in [0.5, 0.6) is 5.75 Å². The van der Waals surface area contributed by atoms with Gasteiger partial charge in [0.25, 0.3) is 11.8 Å². The van der Waals surface area contributed by atoms with Gasteiger partial charge >= 0.3 is 0 Å². The first kappa shape index (κ1) is 25.5. The first-order valence-electron chi connectivity index (χ1n) is 12.5. The number of hydrogen-bond donors (Lipinski definition) is 0. The van der Waals surface area contributed by atoms with Crippen molar-refractivity contribution in [2.45, 2.75) is 27.3 Å². The molecule has 3 heterocycles. The van der Waals surface area contributed by atoms with E-state index in [4.69, 9.17) is 14.3 Å². The number of nitriles is 1. The fraction of sp³-hybridized carbons (Fsp3) is 0.161. The Morgan fingerprint density at radius 2 is 1.85 bits per heavy atom. The zero-order valence-corrected chi connectivity index (χ0v) is 21.8. The number of aromatic nitrogens is 2. The number of para-hydroxylation sites is 1. The van der Waals surface area contributed by atoms with Crippen molar-refractivity contribution >= 4 is 17.9 Å². The van der Waals surface area contributed by atoms with Gasteiger partial charge in [-0.2, -0.15) is 10.4 Å². The number of carbonyl (C=O) groups excluding carboxylic acids is 2. The van der Waals surface area contributed by atoms with Crippen molar-refractivity contribution in [2.24, 2.45) is 0 Å². The number of imide groups is 1. The monoisotopic (exact) mass is 518 g/mol. The van der Waals surface area contributed by atoms with Gasteiger partial charge in [0, 0.05) is 22.9 Å². The molecule has 0 unspecified atom stereocenters. The van der Waals surface area contributed by atoms with Crippen LogP contribution in [0.3, 0.4) is 0 Å². The summed E-state index contributed by atoms with van der Waals surface area (Å²) in [6, 6.07) is 20.8. The van der Waals surface area contributed by atoms with Crippen LogP contribution in [-0.4, -0.2) is 33.1 Å². The molecule has 0 radical (unpaired) electrons. The summed E-state index contributed by atoms with van der Waals surface area (Å²) >= 11 is 0. The quantitative estimate of drug-likeness (QED) is 0.232. The highest BCUT2D eigenvalue weighted by molar-refractivity contribution is 6.19. The summed E-state index contributed by atoms with van der Waals surface area (Å²) in [6.45, 7) is 6.01. The minimum Gasteiger partial charge on any atom is -0.494 e. The molecule has 194 valence electrons. The number of rotatable bonds is 7. The molecular weight excluding hydrogens is 492 g/mol. The van der Waals surface area contributed by atoms with Crippen LogP contribution in [0, 0.1) is 18.3 Å². The number of amides is 2. The number of nitrogens with zero attached hydrogens (tertiary/aromatic N) is 4. The van der Waals surface area contributed by atoms with Gasteiger partial charge < -0.3 is 9.15 Å². The number of aryl methyl sites for hydroxylation is 1. The molecule has 5 rings (SSSR count). The zero-order chi connectivity index (χ0) is 27.5. The highest BCUT2D eigenvalue weighted by Gasteiger charge is 2.36. The lowest BCUT2D eigenvalue weighted by atomic mass is 9.93. The third-order valence-corrected chi connectivity index (χ3v) is 6.53. The molecule has 0 atom stereocenters. The van der Waals surface area contributed by atoms with Crippen LogP contribution in [0.1, 0.15) is 30.7 Å². The molecule has 0 aliphatic carbocycles. The predicted molar refractivity (Wildman–Crippen MR) is 145 cm³/mol. The second-order valence-corrected chi connectivity index (χ2v) is 9.07. The van der Waals surface area contributed by atoms with Gasteiger partial charge in [0.05, 0.1) is 30.8 Å². The predicted octanol–water partition coefficient (Wildman–Crippen LogP) is 5.63. The Bertz CT molecular complexity index is 1650. The normalized spacial score (nSPS) is 14.7. The number of ether oxygens (including phenoxy) is 1. The minimum absolute atomic E-state index is 0.0747. The SMILES string of the molecule is CCOc1ccc(-c2nn(-c3ccccc3)cc2/C=C2/C(=O)N(Cc3ccco3)C(=O)C(C#N)=C2C)cc1C. The number of benzene rings is 2. The smallest absolute Gasteiger partial charge is 0.272 e. The van der Waals surface area contributed by atoms with E-state index < -0.39 is 11.8 Å². The number of hydrogen-bond acceptors (Lipinski definition) is 6. The molecule has 4 aromatic rings. The largest absolute Gasteiger partial charge is 0.494 e. The Morgan fingerprint density at radius 3 is 2.51 bits per heavy atom. The summed E-state index contributed by atoms with van der Waals surface area (Å²) < 4.78 is 12.8. The molecule has 1 aliphatic rings. The fourth-order valence-electron chi connectivity index (χ4n) is 4.53. The third kappa shape index (κ3) is 4.90. The maximum atomic E-state index is 13.6. The van der Waals surface area contributed by atoms with Crippen LogP contribution in [0.25, 0.3) is 23.0 Å². The van der Waals surface area contributed by atoms with Crippen molar-refractivity contribution in [1.29, 1.82) is 5.26 Å². The summed E-state index contributed by atoms with van der Waals surface area (Å²) in [6.07, 6.45) is 5.01. The van der Waals surface area contributed by atoms with E-state index in [-0.39, 0.29) is 17.7 Å². The van der Waals surface area contributed by atoms with E-state index in [1.165, 1.54) is 6.26 Å². The molecule has 39 heavy (non-hydrogen) atoms. The van der Waals surface area contributed by atoms with E-state index in [0.717, 1.165) is 27.5 Å². The zero-order valence-electron chi connectivity index (χ0n) is 21.8. The molecule has 8 nitrogen and oxygen atoms in total. The summed E-state index contributed by atoms with van der Waals surface area (Å²) in [4.78, 5) is 27.7. The van der Waals surface area contributed by atoms with Crippen LogP contribution in [0.2, 0.25) is 0 Å². The van der Waals surface area contributed by atoms with Gasteiger partial charge in [0.15, 0.2) is 0 Å². The van der Waals surface area contributed by atoms with Gasteiger partial charge in [-0.25, -0.2) is 4.68 Å². The first-order valence-corrected chi connectivity index (χ1v) is 12.5. The molecule has 2 aromatic heterocycles. The molecular formula is C31H26N4O4. The Kier molecular flexibility index (Phi) is 6.98. The molecule has 2 aromatic carbocycles. The lowest BCUT2D eigenvalue weighted by Gasteiger charge is -2.26. The maximum Gasteiger partial charge on any atom is 0.272 e. The Labute approximate surface area is 226 Å². The van der Waals surface area contributed by atoms with Gasteiger partial charge in [-0.15, -0.1) is 0 Å². The van der Waals surface area contributed by atoms with Gasteiger partial charge in [-0.1, -0.05) is 18.2 Å². The number of carbonyl (C=O) groups is 2. The van der Waals surface area contributed by atoms with Gasteiger partial charge in [0.1, 0.15) is 23.2 Å². The summed E-state index contributed by atoms with van der Waals surface area (Å²) in [5, 5.41) is 14.6. The van der Waals surface area contributed by atoms with E-state index in [0.29, 0.717) is 29.2 Å². The lowest BCUT2D eigenvalue weighted by molar-refractivity contribution is -0.141. The topological polar surface area (TPSA) is 101 Å². The van der Waals surface area contributed by atoms with Crippen molar-refractivity contribution in [1.82, 2.24) is 14.7 Å². The molecule has 0 bridgehead atoms. The fourth-order valence-corrected chi connectivity index (χ4v) is 4.53. The molecule has 0 fully saturated rings. The van der Waals surface area contributed by atoms with Crippen LogP contribution in [-0.2, 0) is 16.1 Å². The lowest BCUT2D eigenvalue weighted by Crippen LogP contribution is -2.42. The van der Waals surface area contributed by atoms with Crippen molar-refractivity contribution in [2.75, 3.05) is 6.61 Å². The summed E-state index contributed by atoms with van der Waals surface area (Å²) in [5.41, 5.74) is 4.43. The molecule has 8 heteroatoms. The van der Waals surface area contributed by atoms with Gasteiger partial charge in [0.2, 0.25) is 0 Å². The van der Waals surface area contributed by atoms with Crippen molar-refractivity contribution in [3.05, 3.63) is 107 Å². The minimum atomic E-state index is -0.643. The van der Waals surface area contributed by atoms with Gasteiger partial charge in [-0.05, 0) is 80.4 Å². The Hall–Kier alpha value is -5.16. The van der Waals surface area contributed by atoms with Crippen molar-refractivity contribution < 1.29 is 18.7 Å². The number of furan rings is 1. The van der Waals surface area contributed by atoms with Crippen molar-refractivity contribution in [3.8, 4) is 28.8 Å². The second kappa shape index (κ2) is 10.7. The average Bonchev–Trinajstić information content (AvgIpc) is 3.61. The van der Waals surface area contributed by atoms with Crippen LogP contribution in [0.4, 0.5) is 0 Å². The molecule has 1 aliphatic heterocycles. The van der Waals surface area contributed by atoms with Crippen LogP contribution in [0.15, 0.2) is 94.3 Å². The van der Waals surface area contributed by atoms with Crippen LogP contribution < -0.4 is 4.74 Å². The molecule has 0 spiro atoms. The maximum absolute atomic E-state index is 13.6. The van der Waals surface area contributed by atoms with E-state index in [1.807, 2.05) is 74.6 Å². The molecule has 0 N–H and O–H groups in total. The van der Waals surface area contributed by atoms with E-state index >= 15 is 0 Å². The van der Waals surface area contributed by atoms with E-state index in [2.05, 4.69) is 0 Å². The highest BCUT2D eigenvalue weighted by atomic mass is 16.5.